The zero-order valence-corrected chi connectivity index (χ0v) is 16.8. The number of aromatic nitrogens is 1. The molecule has 3 aromatic carbocycles. The molecular weight excluding hydrogens is 398 g/mol. The molecule has 1 amide bonds. The SMILES string of the molecule is O=C(Nc1cccc2cccnc12)c1cccc(S(=O)(=O)NCc2ccccc2)c1. The maximum absolute atomic E-state index is 12.8. The number of benzene rings is 3. The number of fused-ring (bicyclic) bond motifs is 1. The molecule has 6 nitrogen and oxygen atoms in total. The minimum absolute atomic E-state index is 0.0297. The number of carbonyl (C=O) groups is 1. The number of nitrogens with one attached hydrogen (secondary N) is 2. The van der Waals surface area contributed by atoms with Gasteiger partial charge in [-0.25, -0.2) is 13.1 Å². The Balaban J connectivity index is 1.54. The van der Waals surface area contributed by atoms with E-state index in [4.69, 9.17) is 0 Å². The molecule has 0 saturated heterocycles. The second-order valence-corrected chi connectivity index (χ2v) is 8.44. The lowest BCUT2D eigenvalue weighted by Gasteiger charge is -2.10. The minimum Gasteiger partial charge on any atom is -0.320 e. The highest BCUT2D eigenvalue weighted by Gasteiger charge is 2.17. The van der Waals surface area contributed by atoms with Crippen molar-refractivity contribution in [2.24, 2.45) is 0 Å². The Morgan fingerprint density at radius 3 is 2.47 bits per heavy atom. The molecular formula is C23H19N3O3S. The van der Waals surface area contributed by atoms with E-state index in [-0.39, 0.29) is 17.0 Å². The van der Waals surface area contributed by atoms with E-state index in [1.165, 1.54) is 12.1 Å². The molecule has 0 aliphatic carbocycles. The number of anilines is 1. The highest BCUT2D eigenvalue weighted by atomic mass is 32.2. The van der Waals surface area contributed by atoms with Crippen LogP contribution in [-0.2, 0) is 16.6 Å². The van der Waals surface area contributed by atoms with Gasteiger partial charge in [0.1, 0.15) is 0 Å². The molecule has 2 N–H and O–H groups in total. The molecule has 150 valence electrons. The molecule has 0 bridgehead atoms. The zero-order chi connectivity index (χ0) is 21.0. The van der Waals surface area contributed by atoms with Gasteiger partial charge in [-0.3, -0.25) is 9.78 Å². The van der Waals surface area contributed by atoms with E-state index in [0.717, 1.165) is 10.9 Å². The van der Waals surface area contributed by atoms with Gasteiger partial charge < -0.3 is 5.32 Å². The van der Waals surface area contributed by atoms with Crippen molar-refractivity contribution in [3.8, 4) is 0 Å². The van der Waals surface area contributed by atoms with E-state index in [9.17, 15) is 13.2 Å². The molecule has 0 saturated carbocycles. The maximum atomic E-state index is 12.8. The van der Waals surface area contributed by atoms with Crippen LogP contribution in [0.4, 0.5) is 5.69 Å². The summed E-state index contributed by atoms with van der Waals surface area (Å²) in [5.74, 6) is -0.409. The molecule has 0 aliphatic heterocycles. The van der Waals surface area contributed by atoms with E-state index < -0.39 is 15.9 Å². The Bertz CT molecular complexity index is 1300. The van der Waals surface area contributed by atoms with E-state index in [1.807, 2.05) is 54.6 Å². The summed E-state index contributed by atoms with van der Waals surface area (Å²) in [6, 6.07) is 24.4. The van der Waals surface area contributed by atoms with Crippen molar-refractivity contribution in [2.45, 2.75) is 11.4 Å². The number of rotatable bonds is 6. The monoisotopic (exact) mass is 417 g/mol. The largest absolute Gasteiger partial charge is 0.320 e. The summed E-state index contributed by atoms with van der Waals surface area (Å²) in [7, 11) is -3.76. The van der Waals surface area contributed by atoms with Gasteiger partial charge >= 0.3 is 0 Å². The van der Waals surface area contributed by atoms with Crippen LogP contribution in [0.5, 0.6) is 0 Å². The summed E-state index contributed by atoms with van der Waals surface area (Å²) in [5, 5.41) is 3.72. The topological polar surface area (TPSA) is 88.2 Å². The Labute approximate surface area is 174 Å². The van der Waals surface area contributed by atoms with Gasteiger partial charge in [0.2, 0.25) is 10.0 Å². The first-order valence-electron chi connectivity index (χ1n) is 9.32. The molecule has 0 unspecified atom stereocenters. The molecule has 30 heavy (non-hydrogen) atoms. The van der Waals surface area contributed by atoms with Crippen molar-refractivity contribution in [3.05, 3.63) is 102 Å². The number of para-hydroxylation sites is 1. The molecule has 1 heterocycles. The first kappa shape index (κ1) is 19.8. The Kier molecular flexibility index (Phi) is 5.56. The Morgan fingerprint density at radius 2 is 1.63 bits per heavy atom. The number of amides is 1. The molecule has 4 rings (SSSR count). The Morgan fingerprint density at radius 1 is 0.867 bits per heavy atom. The van der Waals surface area contributed by atoms with Crippen LogP contribution in [0.2, 0.25) is 0 Å². The standard InChI is InChI=1S/C23H19N3O3S/c27-23(26-21-13-5-9-18-11-6-14-24-22(18)21)19-10-4-12-20(15-19)30(28,29)25-16-17-7-2-1-3-8-17/h1-15,25H,16H2,(H,26,27). The van der Waals surface area contributed by atoms with Gasteiger partial charge in [0.15, 0.2) is 0 Å². The van der Waals surface area contributed by atoms with Crippen molar-refractivity contribution in [2.75, 3.05) is 5.32 Å². The first-order chi connectivity index (χ1) is 14.5. The Hall–Kier alpha value is -3.55. The molecule has 7 heteroatoms. The van der Waals surface area contributed by atoms with Crippen molar-refractivity contribution in [1.82, 2.24) is 9.71 Å². The molecule has 1 aromatic heterocycles. The van der Waals surface area contributed by atoms with Crippen LogP contribution in [0.25, 0.3) is 10.9 Å². The minimum atomic E-state index is -3.76. The van der Waals surface area contributed by atoms with Gasteiger partial charge in [0, 0.05) is 23.7 Å². The first-order valence-corrected chi connectivity index (χ1v) is 10.8. The maximum Gasteiger partial charge on any atom is 0.255 e. The van der Waals surface area contributed by atoms with Gasteiger partial charge in [-0.2, -0.15) is 0 Å². The van der Waals surface area contributed by atoms with Gasteiger partial charge in [-0.15, -0.1) is 0 Å². The van der Waals surface area contributed by atoms with Crippen LogP contribution >= 0.6 is 0 Å². The van der Waals surface area contributed by atoms with Crippen LogP contribution in [0.3, 0.4) is 0 Å². The highest BCUT2D eigenvalue weighted by Crippen LogP contribution is 2.22. The third-order valence-electron chi connectivity index (χ3n) is 4.60. The number of hydrogen-bond donors (Lipinski definition) is 2. The fourth-order valence-electron chi connectivity index (χ4n) is 3.06. The van der Waals surface area contributed by atoms with Crippen molar-refractivity contribution in [1.29, 1.82) is 0 Å². The molecule has 0 atom stereocenters. The lowest BCUT2D eigenvalue weighted by atomic mass is 10.1. The van der Waals surface area contributed by atoms with E-state index in [1.54, 1.807) is 24.4 Å². The highest BCUT2D eigenvalue weighted by molar-refractivity contribution is 7.89. The van der Waals surface area contributed by atoms with Crippen LogP contribution in [0.1, 0.15) is 15.9 Å². The molecule has 0 radical (unpaired) electrons. The number of nitrogens with zero attached hydrogens (tertiary/aromatic N) is 1. The third kappa shape index (κ3) is 4.37. The molecule has 0 spiro atoms. The average Bonchev–Trinajstić information content (AvgIpc) is 2.79. The van der Waals surface area contributed by atoms with Crippen LogP contribution in [0.15, 0.2) is 96.0 Å². The van der Waals surface area contributed by atoms with Gasteiger partial charge in [-0.05, 0) is 35.9 Å². The van der Waals surface area contributed by atoms with Crippen molar-refractivity contribution in [3.63, 3.8) is 0 Å². The number of sulfonamides is 1. The summed E-state index contributed by atoms with van der Waals surface area (Å²) in [6.07, 6.45) is 1.66. The normalized spacial score (nSPS) is 11.3. The van der Waals surface area contributed by atoms with Gasteiger partial charge in [0.05, 0.1) is 16.1 Å². The summed E-state index contributed by atoms with van der Waals surface area (Å²) in [4.78, 5) is 17.1. The van der Waals surface area contributed by atoms with E-state index in [0.29, 0.717) is 11.2 Å². The summed E-state index contributed by atoms with van der Waals surface area (Å²) in [5.41, 5.74) is 2.32. The van der Waals surface area contributed by atoms with Gasteiger partial charge in [-0.1, -0.05) is 54.6 Å². The quantitative estimate of drug-likeness (QED) is 0.497. The van der Waals surface area contributed by atoms with E-state index >= 15 is 0 Å². The lowest BCUT2D eigenvalue weighted by molar-refractivity contribution is 0.102. The zero-order valence-electron chi connectivity index (χ0n) is 15.9. The van der Waals surface area contributed by atoms with Crippen molar-refractivity contribution < 1.29 is 13.2 Å². The summed E-state index contributed by atoms with van der Waals surface area (Å²) < 4.78 is 27.9. The van der Waals surface area contributed by atoms with Crippen LogP contribution in [0, 0.1) is 0 Å². The summed E-state index contributed by atoms with van der Waals surface area (Å²) in [6.45, 7) is 0.168. The summed E-state index contributed by atoms with van der Waals surface area (Å²) >= 11 is 0. The number of carbonyl (C=O) groups excluding carboxylic acids is 1. The molecule has 0 aliphatic rings. The third-order valence-corrected chi connectivity index (χ3v) is 6.00. The van der Waals surface area contributed by atoms with Crippen LogP contribution in [-0.4, -0.2) is 19.3 Å². The second kappa shape index (κ2) is 8.44. The van der Waals surface area contributed by atoms with Crippen molar-refractivity contribution >= 4 is 32.5 Å². The fourth-order valence-corrected chi connectivity index (χ4v) is 4.12. The smallest absolute Gasteiger partial charge is 0.255 e. The second-order valence-electron chi connectivity index (χ2n) is 6.67. The molecule has 4 aromatic rings. The average molecular weight is 417 g/mol. The van der Waals surface area contributed by atoms with Gasteiger partial charge in [0.25, 0.3) is 5.91 Å². The number of pyridine rings is 1. The predicted octanol–water partition coefficient (Wildman–Crippen LogP) is 3.97. The molecule has 0 fully saturated rings. The van der Waals surface area contributed by atoms with E-state index in [2.05, 4.69) is 15.0 Å². The number of hydrogen-bond acceptors (Lipinski definition) is 4. The fraction of sp³-hybridized carbons (Fsp3) is 0.0435. The lowest BCUT2D eigenvalue weighted by Crippen LogP contribution is -2.23. The van der Waals surface area contributed by atoms with Crippen LogP contribution < -0.4 is 10.0 Å². The predicted molar refractivity (Wildman–Crippen MR) is 117 cm³/mol.